The van der Waals surface area contributed by atoms with Crippen molar-refractivity contribution in [3.63, 3.8) is 0 Å². The van der Waals surface area contributed by atoms with Crippen molar-refractivity contribution in [2.24, 2.45) is 14.1 Å². The first kappa shape index (κ1) is 33.0. The summed E-state index contributed by atoms with van der Waals surface area (Å²) in [6.07, 6.45) is 6.49. The van der Waals surface area contributed by atoms with Crippen LogP contribution in [-0.2, 0) is 14.1 Å². The number of rotatable bonds is 8. The van der Waals surface area contributed by atoms with E-state index in [0.29, 0.717) is 45.2 Å². The number of hydrogen-bond donors (Lipinski definition) is 2. The van der Waals surface area contributed by atoms with Gasteiger partial charge in [-0.05, 0) is 60.7 Å². The SMILES string of the molecule is COc1ccc(-[n+]2ccc(-c3nc4ccc(NC(=O)c5ccccc5)cc4n3C)cc2)cc1C(=O)Nc1ccc2nc(-c3ccncc3F)n(C)c2c1. The average molecular weight is 704 g/mol. The fourth-order valence-electron chi connectivity index (χ4n) is 6.36. The van der Waals surface area contributed by atoms with Gasteiger partial charge in [-0.3, -0.25) is 14.6 Å². The van der Waals surface area contributed by atoms with E-state index >= 15 is 0 Å². The molecule has 0 spiro atoms. The highest BCUT2D eigenvalue weighted by Gasteiger charge is 2.20. The number of halogens is 1. The molecule has 260 valence electrons. The molecule has 0 saturated heterocycles. The number of pyridine rings is 2. The van der Waals surface area contributed by atoms with Crippen molar-refractivity contribution in [1.29, 1.82) is 0 Å². The van der Waals surface area contributed by atoms with Crippen LogP contribution in [-0.4, -0.2) is 43.0 Å². The molecule has 0 aliphatic heterocycles. The predicted molar refractivity (Wildman–Crippen MR) is 200 cm³/mol. The molecule has 4 heterocycles. The third-order valence-corrected chi connectivity index (χ3v) is 9.14. The van der Waals surface area contributed by atoms with E-state index in [1.165, 1.54) is 13.3 Å². The van der Waals surface area contributed by atoms with Crippen LogP contribution in [0, 0.1) is 5.82 Å². The highest BCUT2D eigenvalue weighted by atomic mass is 19.1. The van der Waals surface area contributed by atoms with E-state index in [2.05, 4.69) is 20.6 Å². The van der Waals surface area contributed by atoms with Crippen LogP contribution in [0.2, 0.25) is 0 Å². The Morgan fingerprint density at radius 1 is 0.736 bits per heavy atom. The molecule has 8 rings (SSSR count). The first-order valence-electron chi connectivity index (χ1n) is 16.7. The van der Waals surface area contributed by atoms with E-state index in [1.54, 1.807) is 60.1 Å². The number of carbonyl (C=O) groups excluding carboxylic acids is 2. The Morgan fingerprint density at radius 3 is 2.04 bits per heavy atom. The standard InChI is InChI=1S/C41H31FN8O3/c1-48-35-21-27(44-40(51)26-7-5-4-6-8-26)9-12-33(35)46-38(48)25-16-19-50(20-17-25)29-11-14-37(53-3)31(23-29)41(52)45-28-10-13-34-36(22-28)49(2)39(47-34)30-15-18-43-24-32(30)42/h4-24H,1-3H3,(H,43,45,52)/p+1. The summed E-state index contributed by atoms with van der Waals surface area (Å²) >= 11 is 0. The number of nitrogens with one attached hydrogen (secondary N) is 2. The van der Waals surface area contributed by atoms with Crippen LogP contribution in [0.3, 0.4) is 0 Å². The molecular weight excluding hydrogens is 672 g/mol. The molecule has 8 aromatic rings. The van der Waals surface area contributed by atoms with E-state index in [4.69, 9.17) is 9.72 Å². The molecule has 0 atom stereocenters. The lowest BCUT2D eigenvalue weighted by atomic mass is 10.1. The minimum absolute atomic E-state index is 0.181. The molecule has 12 heteroatoms. The van der Waals surface area contributed by atoms with Gasteiger partial charge in [0.05, 0.1) is 46.5 Å². The first-order chi connectivity index (χ1) is 25.8. The summed E-state index contributed by atoms with van der Waals surface area (Å²) in [7, 11) is 5.26. The maximum Gasteiger partial charge on any atom is 0.259 e. The highest BCUT2D eigenvalue weighted by molar-refractivity contribution is 6.07. The number of nitrogens with zero attached hydrogens (tertiary/aromatic N) is 6. The molecule has 0 aliphatic rings. The number of hydrogen-bond acceptors (Lipinski definition) is 6. The van der Waals surface area contributed by atoms with Crippen molar-refractivity contribution in [3.05, 3.63) is 145 Å². The van der Waals surface area contributed by atoms with Crippen LogP contribution in [0.15, 0.2) is 128 Å². The molecule has 0 fully saturated rings. The number of benzene rings is 4. The number of aromatic nitrogens is 6. The second kappa shape index (κ2) is 13.5. The molecule has 0 radical (unpaired) electrons. The fraction of sp³-hybridized carbons (Fsp3) is 0.0732. The zero-order chi connectivity index (χ0) is 36.6. The van der Waals surface area contributed by atoms with E-state index in [9.17, 15) is 14.0 Å². The predicted octanol–water partition coefficient (Wildman–Crippen LogP) is 7.12. The molecule has 0 aliphatic carbocycles. The van der Waals surface area contributed by atoms with Gasteiger partial charge in [0, 0.05) is 67.1 Å². The van der Waals surface area contributed by atoms with Crippen molar-refractivity contribution < 1.29 is 23.3 Å². The number of ether oxygens (including phenoxy) is 1. The quantitative estimate of drug-likeness (QED) is 0.163. The summed E-state index contributed by atoms with van der Waals surface area (Å²) < 4.78 is 25.7. The van der Waals surface area contributed by atoms with Crippen LogP contribution < -0.4 is 19.9 Å². The monoisotopic (exact) mass is 703 g/mol. The molecule has 4 aromatic heterocycles. The number of aryl methyl sites for hydroxylation is 2. The fourth-order valence-corrected chi connectivity index (χ4v) is 6.36. The summed E-state index contributed by atoms with van der Waals surface area (Å²) in [6.45, 7) is 0. The average Bonchev–Trinajstić information content (AvgIpc) is 3.70. The Labute approximate surface area is 303 Å². The Bertz CT molecular complexity index is 2690. The van der Waals surface area contributed by atoms with Crippen LogP contribution in [0.4, 0.5) is 15.8 Å². The maximum atomic E-state index is 14.5. The zero-order valence-corrected chi connectivity index (χ0v) is 28.9. The Hall–Kier alpha value is -7.21. The van der Waals surface area contributed by atoms with E-state index in [-0.39, 0.29) is 11.8 Å². The number of fused-ring (bicyclic) bond motifs is 2. The summed E-state index contributed by atoms with van der Waals surface area (Å²) in [6, 6.07) is 31.0. The lowest BCUT2D eigenvalue weighted by Gasteiger charge is -2.10. The number of anilines is 2. The van der Waals surface area contributed by atoms with Crippen molar-refractivity contribution >= 4 is 45.3 Å². The number of carbonyl (C=O) groups is 2. The van der Waals surface area contributed by atoms with Crippen molar-refractivity contribution in [3.8, 4) is 34.2 Å². The second-order valence-electron chi connectivity index (χ2n) is 12.4. The van der Waals surface area contributed by atoms with Crippen LogP contribution in [0.5, 0.6) is 5.75 Å². The molecule has 2 N–H and O–H groups in total. The molecule has 2 amide bonds. The number of amides is 2. The van der Waals surface area contributed by atoms with Gasteiger partial charge in [-0.1, -0.05) is 18.2 Å². The van der Waals surface area contributed by atoms with Gasteiger partial charge in [0.2, 0.25) is 5.69 Å². The van der Waals surface area contributed by atoms with Crippen LogP contribution >= 0.6 is 0 Å². The zero-order valence-electron chi connectivity index (χ0n) is 28.9. The van der Waals surface area contributed by atoms with Gasteiger partial charge < -0.3 is 24.5 Å². The van der Waals surface area contributed by atoms with Gasteiger partial charge in [-0.15, -0.1) is 0 Å². The first-order valence-corrected chi connectivity index (χ1v) is 16.7. The summed E-state index contributed by atoms with van der Waals surface area (Å²) in [5.41, 5.74) is 7.18. The molecule has 11 nitrogen and oxygen atoms in total. The summed E-state index contributed by atoms with van der Waals surface area (Å²) in [4.78, 5) is 39.7. The van der Waals surface area contributed by atoms with Crippen LogP contribution in [0.25, 0.3) is 50.5 Å². The maximum absolute atomic E-state index is 14.5. The van der Waals surface area contributed by atoms with Gasteiger partial charge in [-0.25, -0.2) is 14.4 Å². The Balaban J connectivity index is 1.03. The van der Waals surface area contributed by atoms with Gasteiger partial charge in [0.25, 0.3) is 11.8 Å². The van der Waals surface area contributed by atoms with Gasteiger partial charge in [0.15, 0.2) is 18.2 Å². The molecule has 0 saturated carbocycles. The van der Waals surface area contributed by atoms with Crippen molar-refractivity contribution in [2.75, 3.05) is 17.7 Å². The Kier molecular flexibility index (Phi) is 8.39. The second-order valence-corrected chi connectivity index (χ2v) is 12.4. The van der Waals surface area contributed by atoms with Gasteiger partial charge in [-0.2, -0.15) is 4.57 Å². The van der Waals surface area contributed by atoms with Crippen molar-refractivity contribution in [1.82, 2.24) is 24.1 Å². The normalized spacial score (nSPS) is 11.2. The third kappa shape index (κ3) is 6.22. The number of methoxy groups -OCH3 is 1. The minimum atomic E-state index is -0.467. The highest BCUT2D eigenvalue weighted by Crippen LogP contribution is 2.29. The topological polar surface area (TPSA) is 120 Å². The summed E-state index contributed by atoms with van der Waals surface area (Å²) in [5, 5.41) is 5.94. The third-order valence-electron chi connectivity index (χ3n) is 9.14. The Morgan fingerprint density at radius 2 is 1.38 bits per heavy atom. The lowest BCUT2D eigenvalue weighted by molar-refractivity contribution is -0.595. The van der Waals surface area contributed by atoms with Gasteiger partial charge >= 0.3 is 0 Å². The minimum Gasteiger partial charge on any atom is -0.496 e. The van der Waals surface area contributed by atoms with Crippen molar-refractivity contribution in [2.45, 2.75) is 0 Å². The van der Waals surface area contributed by atoms with E-state index < -0.39 is 5.82 Å². The lowest BCUT2D eigenvalue weighted by Crippen LogP contribution is -2.30. The van der Waals surface area contributed by atoms with Gasteiger partial charge in [0.1, 0.15) is 17.4 Å². The molecule has 53 heavy (non-hydrogen) atoms. The summed E-state index contributed by atoms with van der Waals surface area (Å²) in [5.74, 6) is 0.624. The smallest absolute Gasteiger partial charge is 0.259 e. The number of imidazole rings is 2. The molecule has 4 aromatic carbocycles. The molecular formula is C41H32FN8O3+. The largest absolute Gasteiger partial charge is 0.496 e. The van der Waals surface area contributed by atoms with Crippen LogP contribution in [0.1, 0.15) is 20.7 Å². The van der Waals surface area contributed by atoms with E-state index in [1.807, 2.05) is 83.2 Å². The molecule has 0 unspecified atom stereocenters. The van der Waals surface area contributed by atoms with E-state index in [0.717, 1.165) is 39.8 Å². The molecule has 0 bridgehead atoms.